The minimum absolute atomic E-state index is 0.566. The topological polar surface area (TPSA) is 21.3 Å². The molecular formula is C17H19Cl2NO. The fourth-order valence-corrected chi connectivity index (χ4v) is 3.49. The molecule has 1 atom stereocenters. The standard InChI is InChI=1S/C17H19Cl2NO/c18-15-11-16(19)17(14-7-2-1-6-13(14)15)21-10-8-12-5-3-4-9-20-12/h1-2,6-7,11-12,20H,3-5,8-10H2/t12-/m0/s1. The summed E-state index contributed by atoms with van der Waals surface area (Å²) in [5, 5.41) is 6.73. The Morgan fingerprint density at radius 3 is 2.67 bits per heavy atom. The number of rotatable bonds is 4. The van der Waals surface area contributed by atoms with Crippen LogP contribution >= 0.6 is 23.2 Å². The number of ether oxygens (including phenoxy) is 1. The lowest BCUT2D eigenvalue weighted by atomic mass is 10.0. The first-order valence-corrected chi connectivity index (χ1v) is 8.24. The highest BCUT2D eigenvalue weighted by Crippen LogP contribution is 2.38. The zero-order valence-corrected chi connectivity index (χ0v) is 13.4. The Morgan fingerprint density at radius 1 is 1.10 bits per heavy atom. The van der Waals surface area contributed by atoms with E-state index in [9.17, 15) is 0 Å². The molecule has 0 spiro atoms. The van der Waals surface area contributed by atoms with Crippen molar-refractivity contribution in [3.63, 3.8) is 0 Å². The van der Waals surface area contributed by atoms with E-state index >= 15 is 0 Å². The van der Waals surface area contributed by atoms with Crippen molar-refractivity contribution in [1.82, 2.24) is 5.32 Å². The lowest BCUT2D eigenvalue weighted by molar-refractivity contribution is 0.270. The Kier molecular flexibility index (Phi) is 4.89. The first-order valence-electron chi connectivity index (χ1n) is 7.48. The van der Waals surface area contributed by atoms with E-state index in [4.69, 9.17) is 27.9 Å². The van der Waals surface area contributed by atoms with Crippen LogP contribution < -0.4 is 10.1 Å². The largest absolute Gasteiger partial charge is 0.491 e. The van der Waals surface area contributed by atoms with Crippen LogP contribution in [0.2, 0.25) is 10.0 Å². The predicted molar refractivity (Wildman–Crippen MR) is 89.7 cm³/mol. The molecular weight excluding hydrogens is 305 g/mol. The quantitative estimate of drug-likeness (QED) is 0.849. The van der Waals surface area contributed by atoms with Gasteiger partial charge in [-0.05, 0) is 31.9 Å². The lowest BCUT2D eigenvalue weighted by Gasteiger charge is -2.23. The first kappa shape index (κ1) is 15.0. The Balaban J connectivity index is 1.74. The molecule has 21 heavy (non-hydrogen) atoms. The summed E-state index contributed by atoms with van der Waals surface area (Å²) in [6.07, 6.45) is 4.83. The molecule has 1 heterocycles. The smallest absolute Gasteiger partial charge is 0.145 e. The molecule has 1 aliphatic heterocycles. The van der Waals surface area contributed by atoms with Gasteiger partial charge in [-0.2, -0.15) is 0 Å². The number of fused-ring (bicyclic) bond motifs is 1. The van der Waals surface area contributed by atoms with E-state index in [0.29, 0.717) is 22.7 Å². The van der Waals surface area contributed by atoms with Crippen molar-refractivity contribution in [2.45, 2.75) is 31.7 Å². The molecule has 0 bridgehead atoms. The van der Waals surface area contributed by atoms with Crippen molar-refractivity contribution in [1.29, 1.82) is 0 Å². The molecule has 0 saturated carbocycles. The zero-order valence-electron chi connectivity index (χ0n) is 11.9. The normalized spacial score (nSPS) is 18.9. The van der Waals surface area contributed by atoms with Gasteiger partial charge in [-0.3, -0.25) is 0 Å². The SMILES string of the molecule is Clc1cc(Cl)c2ccccc2c1OCC[C@@H]1CCCCN1. The molecule has 2 aromatic carbocycles. The third kappa shape index (κ3) is 3.45. The molecule has 0 amide bonds. The highest BCUT2D eigenvalue weighted by molar-refractivity contribution is 6.39. The third-order valence-corrected chi connectivity index (χ3v) is 4.62. The van der Waals surface area contributed by atoms with Gasteiger partial charge in [0.1, 0.15) is 5.75 Å². The van der Waals surface area contributed by atoms with Crippen molar-refractivity contribution in [2.24, 2.45) is 0 Å². The van der Waals surface area contributed by atoms with Gasteiger partial charge < -0.3 is 10.1 Å². The summed E-state index contributed by atoms with van der Waals surface area (Å²) >= 11 is 12.5. The van der Waals surface area contributed by atoms with E-state index in [1.807, 2.05) is 24.3 Å². The van der Waals surface area contributed by atoms with Crippen LogP contribution in [-0.2, 0) is 0 Å². The van der Waals surface area contributed by atoms with Crippen LogP contribution in [0.3, 0.4) is 0 Å². The summed E-state index contributed by atoms with van der Waals surface area (Å²) in [7, 11) is 0. The maximum Gasteiger partial charge on any atom is 0.145 e. The van der Waals surface area contributed by atoms with Gasteiger partial charge in [0.2, 0.25) is 0 Å². The highest BCUT2D eigenvalue weighted by Gasteiger charge is 2.14. The summed E-state index contributed by atoms with van der Waals surface area (Å²) in [5.41, 5.74) is 0. The minimum atomic E-state index is 0.566. The molecule has 2 nitrogen and oxygen atoms in total. The van der Waals surface area contributed by atoms with Gasteiger partial charge in [-0.1, -0.05) is 53.9 Å². The Bertz CT molecular complexity index is 623. The van der Waals surface area contributed by atoms with Crippen molar-refractivity contribution >= 4 is 34.0 Å². The van der Waals surface area contributed by atoms with Crippen LogP contribution in [-0.4, -0.2) is 19.2 Å². The molecule has 1 N–H and O–H groups in total. The van der Waals surface area contributed by atoms with Crippen LogP contribution in [0, 0.1) is 0 Å². The number of hydrogen-bond acceptors (Lipinski definition) is 2. The van der Waals surface area contributed by atoms with Gasteiger partial charge in [-0.25, -0.2) is 0 Å². The summed E-state index contributed by atoms with van der Waals surface area (Å²) in [4.78, 5) is 0. The zero-order chi connectivity index (χ0) is 14.7. The summed E-state index contributed by atoms with van der Waals surface area (Å²) in [6, 6.07) is 10.3. The van der Waals surface area contributed by atoms with E-state index in [1.54, 1.807) is 6.07 Å². The summed E-state index contributed by atoms with van der Waals surface area (Å²) in [6.45, 7) is 1.79. The second kappa shape index (κ2) is 6.87. The van der Waals surface area contributed by atoms with Crippen molar-refractivity contribution in [2.75, 3.05) is 13.2 Å². The van der Waals surface area contributed by atoms with E-state index in [0.717, 1.165) is 29.5 Å². The molecule has 1 fully saturated rings. The average molecular weight is 324 g/mol. The van der Waals surface area contributed by atoms with Crippen LogP contribution in [0.15, 0.2) is 30.3 Å². The maximum atomic E-state index is 6.30. The van der Waals surface area contributed by atoms with Gasteiger partial charge in [0.05, 0.1) is 16.7 Å². The predicted octanol–water partition coefficient (Wildman–Crippen LogP) is 5.06. The molecule has 4 heteroatoms. The number of nitrogens with one attached hydrogen (secondary N) is 1. The number of piperidine rings is 1. The highest BCUT2D eigenvalue weighted by atomic mass is 35.5. The number of benzene rings is 2. The number of hydrogen-bond donors (Lipinski definition) is 1. The summed E-state index contributed by atoms with van der Waals surface area (Å²) in [5.74, 6) is 0.743. The third-order valence-electron chi connectivity index (χ3n) is 4.02. The Morgan fingerprint density at radius 2 is 1.90 bits per heavy atom. The van der Waals surface area contributed by atoms with E-state index < -0.39 is 0 Å². The number of halogens is 2. The van der Waals surface area contributed by atoms with E-state index in [1.165, 1.54) is 19.3 Å². The minimum Gasteiger partial charge on any atom is -0.491 e. The van der Waals surface area contributed by atoms with Gasteiger partial charge in [0.15, 0.2) is 0 Å². The average Bonchev–Trinajstić information content (AvgIpc) is 2.51. The van der Waals surface area contributed by atoms with Gasteiger partial charge in [0.25, 0.3) is 0 Å². The molecule has 3 rings (SSSR count). The van der Waals surface area contributed by atoms with Crippen LogP contribution in [0.1, 0.15) is 25.7 Å². The fourth-order valence-electron chi connectivity index (χ4n) is 2.89. The van der Waals surface area contributed by atoms with E-state index in [-0.39, 0.29) is 0 Å². The van der Waals surface area contributed by atoms with Gasteiger partial charge in [0, 0.05) is 16.8 Å². The monoisotopic (exact) mass is 323 g/mol. The molecule has 0 aliphatic carbocycles. The lowest BCUT2D eigenvalue weighted by Crippen LogP contribution is -2.35. The van der Waals surface area contributed by atoms with Crippen molar-refractivity contribution in [3.05, 3.63) is 40.4 Å². The Hall–Kier alpha value is -0.960. The maximum absolute atomic E-state index is 6.30. The van der Waals surface area contributed by atoms with Crippen LogP contribution in [0.4, 0.5) is 0 Å². The second-order valence-corrected chi connectivity index (χ2v) is 6.31. The van der Waals surface area contributed by atoms with Crippen molar-refractivity contribution in [3.8, 4) is 5.75 Å². The van der Waals surface area contributed by atoms with Gasteiger partial charge in [-0.15, -0.1) is 0 Å². The molecule has 0 unspecified atom stereocenters. The van der Waals surface area contributed by atoms with E-state index in [2.05, 4.69) is 5.32 Å². The molecule has 112 valence electrons. The van der Waals surface area contributed by atoms with Gasteiger partial charge >= 0.3 is 0 Å². The molecule has 1 saturated heterocycles. The van der Waals surface area contributed by atoms with Crippen LogP contribution in [0.25, 0.3) is 10.8 Å². The molecule has 2 aromatic rings. The molecule has 0 aromatic heterocycles. The fraction of sp³-hybridized carbons (Fsp3) is 0.412. The Labute approximate surface area is 135 Å². The first-order chi connectivity index (χ1) is 10.3. The summed E-state index contributed by atoms with van der Waals surface area (Å²) < 4.78 is 5.98. The second-order valence-electron chi connectivity index (χ2n) is 5.50. The van der Waals surface area contributed by atoms with Crippen LogP contribution in [0.5, 0.6) is 5.75 Å². The molecule has 1 aliphatic rings. The molecule has 0 radical (unpaired) electrons. The van der Waals surface area contributed by atoms with Crippen molar-refractivity contribution < 1.29 is 4.74 Å².